The molecule has 0 bridgehead atoms. The maximum atomic E-state index is 6.02. The molecule has 0 radical (unpaired) electrons. The predicted molar refractivity (Wildman–Crippen MR) is 70.1 cm³/mol. The van der Waals surface area contributed by atoms with Gasteiger partial charge in [-0.15, -0.1) is 0 Å². The van der Waals surface area contributed by atoms with Crippen LogP contribution in [0, 0.1) is 13.8 Å². The standard InChI is InChI=1S/C13H24N4/c1-9(14)13-10(2)15-17(11(13)3)12-5-7-16(4)8-6-12/h9,12H,5-8,14H2,1-4H3. The Balaban J connectivity index is 2.24. The van der Waals surface area contributed by atoms with Crippen LogP contribution in [-0.4, -0.2) is 34.8 Å². The third-order valence-electron chi connectivity index (χ3n) is 3.87. The molecule has 4 nitrogen and oxygen atoms in total. The number of hydrogen-bond acceptors (Lipinski definition) is 3. The number of likely N-dealkylation sites (tertiary alicyclic amines) is 1. The van der Waals surface area contributed by atoms with E-state index in [1.54, 1.807) is 0 Å². The third-order valence-corrected chi connectivity index (χ3v) is 3.87. The number of aryl methyl sites for hydroxylation is 1. The van der Waals surface area contributed by atoms with Crippen LogP contribution >= 0.6 is 0 Å². The largest absolute Gasteiger partial charge is 0.324 e. The van der Waals surface area contributed by atoms with Crippen LogP contribution in [0.4, 0.5) is 0 Å². The lowest BCUT2D eigenvalue weighted by Crippen LogP contribution is -2.32. The highest BCUT2D eigenvalue weighted by molar-refractivity contribution is 5.27. The summed E-state index contributed by atoms with van der Waals surface area (Å²) in [6.07, 6.45) is 2.38. The van der Waals surface area contributed by atoms with E-state index >= 15 is 0 Å². The van der Waals surface area contributed by atoms with Crippen LogP contribution in [0.2, 0.25) is 0 Å². The second-order valence-corrected chi connectivity index (χ2v) is 5.35. The smallest absolute Gasteiger partial charge is 0.0644 e. The molecule has 4 heteroatoms. The highest BCUT2D eigenvalue weighted by Crippen LogP contribution is 2.27. The van der Waals surface area contributed by atoms with E-state index in [4.69, 9.17) is 10.8 Å². The first-order valence-corrected chi connectivity index (χ1v) is 6.50. The molecule has 0 saturated carbocycles. The van der Waals surface area contributed by atoms with Crippen LogP contribution in [0.1, 0.15) is 48.8 Å². The number of nitrogens with two attached hydrogens (primary N) is 1. The number of nitrogens with zero attached hydrogens (tertiary/aromatic N) is 3. The molecule has 1 aliphatic rings. The molecular formula is C13H24N4. The maximum absolute atomic E-state index is 6.02. The molecule has 2 heterocycles. The van der Waals surface area contributed by atoms with Gasteiger partial charge >= 0.3 is 0 Å². The highest BCUT2D eigenvalue weighted by Gasteiger charge is 2.23. The van der Waals surface area contributed by atoms with E-state index in [-0.39, 0.29) is 6.04 Å². The molecule has 1 aromatic rings. The fourth-order valence-electron chi connectivity index (χ4n) is 2.93. The van der Waals surface area contributed by atoms with Crippen LogP contribution in [0.15, 0.2) is 0 Å². The van der Waals surface area contributed by atoms with Crippen molar-refractivity contribution in [3.8, 4) is 0 Å². The first-order valence-electron chi connectivity index (χ1n) is 6.50. The quantitative estimate of drug-likeness (QED) is 0.851. The van der Waals surface area contributed by atoms with Crippen molar-refractivity contribution in [3.63, 3.8) is 0 Å². The van der Waals surface area contributed by atoms with Gasteiger partial charge in [0.1, 0.15) is 0 Å². The van der Waals surface area contributed by atoms with Gasteiger partial charge < -0.3 is 10.6 Å². The molecule has 2 N–H and O–H groups in total. The second-order valence-electron chi connectivity index (χ2n) is 5.35. The molecule has 0 amide bonds. The van der Waals surface area contributed by atoms with E-state index in [0.29, 0.717) is 6.04 Å². The Morgan fingerprint density at radius 2 is 1.88 bits per heavy atom. The van der Waals surface area contributed by atoms with Crippen molar-refractivity contribution in [1.82, 2.24) is 14.7 Å². The molecule has 1 saturated heterocycles. The zero-order chi connectivity index (χ0) is 12.6. The lowest BCUT2D eigenvalue weighted by Gasteiger charge is -2.29. The molecule has 1 atom stereocenters. The molecule has 1 aliphatic heterocycles. The van der Waals surface area contributed by atoms with E-state index in [2.05, 4.69) is 30.5 Å². The van der Waals surface area contributed by atoms with Crippen LogP contribution < -0.4 is 5.73 Å². The summed E-state index contributed by atoms with van der Waals surface area (Å²) in [6, 6.07) is 0.632. The minimum atomic E-state index is 0.0787. The molecular weight excluding hydrogens is 212 g/mol. The molecule has 96 valence electrons. The number of aromatic nitrogens is 2. The van der Waals surface area contributed by atoms with E-state index in [9.17, 15) is 0 Å². The van der Waals surface area contributed by atoms with Gasteiger partial charge in [0.25, 0.3) is 0 Å². The van der Waals surface area contributed by atoms with Crippen molar-refractivity contribution < 1.29 is 0 Å². The van der Waals surface area contributed by atoms with Gasteiger partial charge in [0.15, 0.2) is 0 Å². The zero-order valence-electron chi connectivity index (χ0n) is 11.4. The van der Waals surface area contributed by atoms with Gasteiger partial charge in [-0.2, -0.15) is 5.10 Å². The summed E-state index contributed by atoms with van der Waals surface area (Å²) in [5.41, 5.74) is 9.60. The Hall–Kier alpha value is -0.870. The summed E-state index contributed by atoms with van der Waals surface area (Å²) in [5.74, 6) is 0. The Morgan fingerprint density at radius 1 is 1.29 bits per heavy atom. The fourth-order valence-corrected chi connectivity index (χ4v) is 2.93. The van der Waals surface area contributed by atoms with E-state index < -0.39 is 0 Å². The van der Waals surface area contributed by atoms with Gasteiger partial charge in [-0.05, 0) is 53.8 Å². The monoisotopic (exact) mass is 236 g/mol. The Labute approximate surface area is 104 Å². The summed E-state index contributed by atoms with van der Waals surface area (Å²) in [6.45, 7) is 8.58. The van der Waals surface area contributed by atoms with Gasteiger partial charge in [-0.3, -0.25) is 4.68 Å². The normalized spacial score (nSPS) is 20.8. The summed E-state index contributed by atoms with van der Waals surface area (Å²) in [4.78, 5) is 2.38. The van der Waals surface area contributed by atoms with Gasteiger partial charge in [0.2, 0.25) is 0 Å². The molecule has 0 spiro atoms. The van der Waals surface area contributed by atoms with E-state index in [1.807, 2.05) is 6.92 Å². The van der Waals surface area contributed by atoms with Gasteiger partial charge in [0, 0.05) is 17.3 Å². The van der Waals surface area contributed by atoms with Crippen molar-refractivity contribution in [2.24, 2.45) is 5.73 Å². The third kappa shape index (κ3) is 2.38. The molecule has 2 rings (SSSR count). The van der Waals surface area contributed by atoms with Crippen LogP contribution in [0.3, 0.4) is 0 Å². The summed E-state index contributed by atoms with van der Waals surface area (Å²) < 4.78 is 2.21. The number of rotatable bonds is 2. The Morgan fingerprint density at radius 3 is 2.35 bits per heavy atom. The van der Waals surface area contributed by atoms with E-state index in [1.165, 1.54) is 24.1 Å². The topological polar surface area (TPSA) is 47.1 Å². The molecule has 0 aromatic carbocycles. The van der Waals surface area contributed by atoms with E-state index in [0.717, 1.165) is 18.8 Å². The Bertz CT molecular complexity index is 386. The lowest BCUT2D eigenvalue weighted by molar-refractivity contribution is 0.210. The lowest BCUT2D eigenvalue weighted by atomic mass is 10.0. The van der Waals surface area contributed by atoms with Crippen molar-refractivity contribution >= 4 is 0 Å². The molecule has 17 heavy (non-hydrogen) atoms. The van der Waals surface area contributed by atoms with Gasteiger partial charge in [0.05, 0.1) is 11.7 Å². The zero-order valence-corrected chi connectivity index (χ0v) is 11.4. The summed E-state index contributed by atoms with van der Waals surface area (Å²) >= 11 is 0. The highest BCUT2D eigenvalue weighted by atomic mass is 15.3. The average molecular weight is 236 g/mol. The summed E-state index contributed by atoms with van der Waals surface area (Å²) in [5, 5.41) is 4.70. The first-order chi connectivity index (χ1) is 8.00. The minimum absolute atomic E-state index is 0.0787. The maximum Gasteiger partial charge on any atom is 0.0644 e. The first kappa shape index (κ1) is 12.6. The SMILES string of the molecule is Cc1nn(C2CCN(C)CC2)c(C)c1C(C)N. The van der Waals surface area contributed by atoms with Crippen LogP contribution in [-0.2, 0) is 0 Å². The van der Waals surface area contributed by atoms with Gasteiger partial charge in [-0.25, -0.2) is 0 Å². The molecule has 0 aliphatic carbocycles. The second kappa shape index (κ2) is 4.78. The molecule has 1 fully saturated rings. The van der Waals surface area contributed by atoms with Crippen LogP contribution in [0.25, 0.3) is 0 Å². The van der Waals surface area contributed by atoms with Crippen molar-refractivity contribution in [3.05, 3.63) is 17.0 Å². The Kier molecular flexibility index (Phi) is 3.54. The van der Waals surface area contributed by atoms with Crippen molar-refractivity contribution in [2.45, 2.75) is 45.7 Å². The number of hydrogen-bond donors (Lipinski definition) is 1. The van der Waals surface area contributed by atoms with Crippen molar-refractivity contribution in [1.29, 1.82) is 0 Å². The fraction of sp³-hybridized carbons (Fsp3) is 0.769. The number of piperidine rings is 1. The van der Waals surface area contributed by atoms with Crippen molar-refractivity contribution in [2.75, 3.05) is 20.1 Å². The predicted octanol–water partition coefficient (Wildman–Crippen LogP) is 1.79. The average Bonchev–Trinajstić information content (AvgIpc) is 2.55. The minimum Gasteiger partial charge on any atom is -0.324 e. The van der Waals surface area contributed by atoms with Gasteiger partial charge in [-0.1, -0.05) is 0 Å². The molecule has 1 aromatic heterocycles. The molecule has 1 unspecified atom stereocenters. The van der Waals surface area contributed by atoms with Crippen LogP contribution in [0.5, 0.6) is 0 Å². The summed E-state index contributed by atoms with van der Waals surface area (Å²) in [7, 11) is 2.19.